The van der Waals surface area contributed by atoms with E-state index < -0.39 is 0 Å². The van der Waals surface area contributed by atoms with Crippen LogP contribution in [0.3, 0.4) is 0 Å². The summed E-state index contributed by atoms with van der Waals surface area (Å²) >= 11 is 6.23. The van der Waals surface area contributed by atoms with Crippen molar-refractivity contribution in [3.63, 3.8) is 0 Å². The van der Waals surface area contributed by atoms with Gasteiger partial charge in [-0.1, -0.05) is 17.7 Å². The Hall–Kier alpha value is -0.505. The van der Waals surface area contributed by atoms with Gasteiger partial charge in [-0.15, -0.1) is 0 Å². The Balaban J connectivity index is 1.91. The molecule has 1 aromatic carbocycles. The Bertz CT molecular complexity index is 493. The summed E-state index contributed by atoms with van der Waals surface area (Å²) in [4.78, 5) is 0. The van der Waals surface area contributed by atoms with E-state index in [0.29, 0.717) is 5.92 Å². The van der Waals surface area contributed by atoms with Gasteiger partial charge in [0.2, 0.25) is 0 Å². The summed E-state index contributed by atoms with van der Waals surface area (Å²) in [5.41, 5.74) is 1.74. The molecule has 1 saturated carbocycles. The lowest BCUT2D eigenvalue weighted by molar-refractivity contribution is 0.00578. The van der Waals surface area contributed by atoms with Gasteiger partial charge in [0.15, 0.2) is 0 Å². The first-order chi connectivity index (χ1) is 8.78. The first kappa shape index (κ1) is 13.5. The van der Waals surface area contributed by atoms with Crippen molar-refractivity contribution in [1.82, 2.24) is 0 Å². The van der Waals surface area contributed by atoms with Gasteiger partial charge < -0.3 is 9.31 Å². The van der Waals surface area contributed by atoms with E-state index in [9.17, 15) is 0 Å². The van der Waals surface area contributed by atoms with E-state index in [2.05, 4.69) is 39.8 Å². The van der Waals surface area contributed by atoms with Crippen molar-refractivity contribution in [3.05, 3.63) is 28.8 Å². The summed E-state index contributed by atoms with van der Waals surface area (Å²) in [7, 11) is -0.318. The summed E-state index contributed by atoms with van der Waals surface area (Å²) in [5.74, 6) is 0.680. The largest absolute Gasteiger partial charge is 0.494 e. The lowest BCUT2D eigenvalue weighted by atomic mass is 9.78. The van der Waals surface area contributed by atoms with Gasteiger partial charge >= 0.3 is 7.12 Å². The van der Waals surface area contributed by atoms with Crippen molar-refractivity contribution in [1.29, 1.82) is 0 Å². The number of hydrogen-bond acceptors (Lipinski definition) is 2. The summed E-state index contributed by atoms with van der Waals surface area (Å²) in [5, 5.41) is 0.772. The molecule has 2 nitrogen and oxygen atoms in total. The maximum absolute atomic E-state index is 6.23. The Morgan fingerprint density at radius 1 is 1.05 bits per heavy atom. The summed E-state index contributed by atoms with van der Waals surface area (Å²) in [6, 6.07) is 6.20. The van der Waals surface area contributed by atoms with E-state index in [0.717, 1.165) is 10.5 Å². The van der Waals surface area contributed by atoms with Gasteiger partial charge in [0, 0.05) is 5.02 Å². The fourth-order valence-electron chi connectivity index (χ4n) is 2.40. The molecule has 2 fully saturated rings. The maximum atomic E-state index is 6.23. The van der Waals surface area contributed by atoms with Gasteiger partial charge in [0.1, 0.15) is 0 Å². The molecule has 0 N–H and O–H groups in total. The highest BCUT2D eigenvalue weighted by atomic mass is 35.5. The van der Waals surface area contributed by atoms with Gasteiger partial charge in [0.05, 0.1) is 11.2 Å². The van der Waals surface area contributed by atoms with Gasteiger partial charge in [-0.05, 0) is 69.6 Å². The van der Waals surface area contributed by atoms with Crippen LogP contribution >= 0.6 is 11.6 Å². The van der Waals surface area contributed by atoms with Crippen LogP contribution in [0.4, 0.5) is 0 Å². The topological polar surface area (TPSA) is 18.5 Å². The van der Waals surface area contributed by atoms with Crippen LogP contribution < -0.4 is 5.46 Å². The third kappa shape index (κ3) is 2.44. The van der Waals surface area contributed by atoms with E-state index in [1.54, 1.807) is 0 Å². The minimum Gasteiger partial charge on any atom is -0.399 e. The smallest absolute Gasteiger partial charge is 0.399 e. The molecule has 0 spiro atoms. The van der Waals surface area contributed by atoms with E-state index in [4.69, 9.17) is 20.9 Å². The summed E-state index contributed by atoms with van der Waals surface area (Å²) in [6.07, 6.45) is 2.53. The van der Waals surface area contributed by atoms with Crippen LogP contribution in [0.25, 0.3) is 0 Å². The van der Waals surface area contributed by atoms with Crippen LogP contribution in [0.15, 0.2) is 18.2 Å². The fraction of sp³-hybridized carbons (Fsp3) is 0.600. The number of rotatable bonds is 2. The monoisotopic (exact) mass is 278 g/mol. The number of halogens is 1. The van der Waals surface area contributed by atoms with E-state index in [-0.39, 0.29) is 18.3 Å². The normalized spacial score (nSPS) is 24.8. The molecule has 1 heterocycles. The lowest BCUT2D eigenvalue weighted by Crippen LogP contribution is -2.41. The molecular formula is C15H20BClO2. The van der Waals surface area contributed by atoms with Gasteiger partial charge in [0.25, 0.3) is 0 Å². The standard InChI is InChI=1S/C15H20BClO2/c1-14(2)15(3,4)19-16(18-14)12-7-11(10-5-6-10)8-13(17)9-12/h7-10H,5-6H2,1-4H3. The van der Waals surface area contributed by atoms with Crippen molar-refractivity contribution < 1.29 is 9.31 Å². The third-order valence-corrected chi connectivity index (χ3v) is 4.73. The SMILES string of the molecule is CC1(C)OB(c2cc(Cl)cc(C3CC3)c2)OC1(C)C. The molecule has 0 unspecified atom stereocenters. The van der Waals surface area contributed by atoms with E-state index >= 15 is 0 Å². The summed E-state index contributed by atoms with van der Waals surface area (Å²) in [6.45, 7) is 8.28. The molecule has 19 heavy (non-hydrogen) atoms. The lowest BCUT2D eigenvalue weighted by Gasteiger charge is -2.32. The van der Waals surface area contributed by atoms with Crippen molar-refractivity contribution >= 4 is 24.2 Å². The van der Waals surface area contributed by atoms with Gasteiger partial charge in [-0.3, -0.25) is 0 Å². The molecule has 1 aromatic rings. The van der Waals surface area contributed by atoms with Crippen LogP contribution in [0, 0.1) is 0 Å². The predicted molar refractivity (Wildman–Crippen MR) is 79.1 cm³/mol. The second-order valence-electron chi connectivity index (χ2n) is 6.68. The first-order valence-electron chi connectivity index (χ1n) is 6.94. The van der Waals surface area contributed by atoms with Crippen molar-refractivity contribution in [2.75, 3.05) is 0 Å². The van der Waals surface area contributed by atoms with Crippen LogP contribution in [-0.4, -0.2) is 18.3 Å². The number of benzene rings is 1. The average molecular weight is 279 g/mol. The van der Waals surface area contributed by atoms with Crippen molar-refractivity contribution in [2.45, 2.75) is 57.7 Å². The molecule has 0 atom stereocenters. The third-order valence-electron chi connectivity index (χ3n) is 4.52. The van der Waals surface area contributed by atoms with Crippen LogP contribution in [0.5, 0.6) is 0 Å². The zero-order chi connectivity index (χ0) is 13.8. The zero-order valence-corrected chi connectivity index (χ0v) is 12.8. The quantitative estimate of drug-likeness (QED) is 0.771. The Morgan fingerprint density at radius 3 is 2.16 bits per heavy atom. The van der Waals surface area contributed by atoms with Crippen LogP contribution in [-0.2, 0) is 9.31 Å². The highest BCUT2D eigenvalue weighted by Gasteiger charge is 2.51. The average Bonchev–Trinajstić information content (AvgIpc) is 3.06. The molecule has 2 aliphatic rings. The first-order valence-corrected chi connectivity index (χ1v) is 7.32. The molecule has 0 radical (unpaired) electrons. The highest BCUT2D eigenvalue weighted by Crippen LogP contribution is 2.41. The number of hydrogen-bond donors (Lipinski definition) is 0. The maximum Gasteiger partial charge on any atom is 0.494 e. The molecule has 0 bridgehead atoms. The second kappa shape index (κ2) is 4.24. The van der Waals surface area contributed by atoms with Gasteiger partial charge in [-0.25, -0.2) is 0 Å². The van der Waals surface area contributed by atoms with Crippen LogP contribution in [0.2, 0.25) is 5.02 Å². The van der Waals surface area contributed by atoms with Crippen molar-refractivity contribution in [2.24, 2.45) is 0 Å². The second-order valence-corrected chi connectivity index (χ2v) is 7.12. The summed E-state index contributed by atoms with van der Waals surface area (Å²) < 4.78 is 12.2. The Labute approximate surface area is 120 Å². The van der Waals surface area contributed by atoms with E-state index in [1.165, 1.54) is 18.4 Å². The Kier molecular flexibility index (Phi) is 3.01. The predicted octanol–water partition coefficient (Wildman–Crippen LogP) is 3.52. The fourth-order valence-corrected chi connectivity index (χ4v) is 2.66. The molecule has 1 saturated heterocycles. The molecule has 1 aliphatic carbocycles. The Morgan fingerprint density at radius 2 is 1.63 bits per heavy atom. The minimum absolute atomic E-state index is 0.306. The molecule has 3 rings (SSSR count). The van der Waals surface area contributed by atoms with Crippen molar-refractivity contribution in [3.8, 4) is 0 Å². The van der Waals surface area contributed by atoms with Gasteiger partial charge in [-0.2, -0.15) is 0 Å². The molecule has 1 aliphatic heterocycles. The van der Waals surface area contributed by atoms with Crippen LogP contribution in [0.1, 0.15) is 52.0 Å². The minimum atomic E-state index is -0.318. The molecule has 4 heteroatoms. The highest BCUT2D eigenvalue weighted by molar-refractivity contribution is 6.62. The van der Waals surface area contributed by atoms with E-state index in [1.807, 2.05) is 6.07 Å². The zero-order valence-electron chi connectivity index (χ0n) is 12.0. The molecular weight excluding hydrogens is 258 g/mol. The molecule has 0 amide bonds. The molecule has 102 valence electrons. The molecule has 0 aromatic heterocycles.